The Bertz CT molecular complexity index is 655. The van der Waals surface area contributed by atoms with Gasteiger partial charge in [0.25, 0.3) is 0 Å². The maximum atomic E-state index is 10.9. The first kappa shape index (κ1) is 13.3. The van der Waals surface area contributed by atoms with Crippen LogP contribution >= 0.6 is 0 Å². The van der Waals surface area contributed by atoms with Crippen molar-refractivity contribution in [1.82, 2.24) is 4.90 Å². The standard InChI is InChI=1S/C19H24N2O/c1-2-12-11-21-10-9-19-14-5-3-4-6-15(14)20-16(19)8-7-13(17(12)22)18(19)21/h3-6,12-13,17-18,22H,2,7-11H2,1H3/t12-,13-,17-,18+,19+/m0/s1. The number of rotatable bonds is 1. The SMILES string of the molecule is CC[C@H]1CN2CC[C@]34C(=Nc5ccccc53)CC[C@@H]([C@H]1O)[C@@H]24. The van der Waals surface area contributed by atoms with Crippen molar-refractivity contribution in [1.29, 1.82) is 0 Å². The molecule has 1 saturated carbocycles. The van der Waals surface area contributed by atoms with Crippen molar-refractivity contribution < 1.29 is 5.11 Å². The Kier molecular flexibility index (Phi) is 2.67. The average molecular weight is 296 g/mol. The van der Waals surface area contributed by atoms with E-state index in [1.54, 1.807) is 0 Å². The van der Waals surface area contributed by atoms with E-state index in [0.29, 0.717) is 17.9 Å². The van der Waals surface area contributed by atoms with Crippen LogP contribution in [0.2, 0.25) is 0 Å². The molecule has 3 heteroatoms. The lowest BCUT2D eigenvalue weighted by Gasteiger charge is -2.52. The van der Waals surface area contributed by atoms with Crippen LogP contribution in [-0.2, 0) is 5.41 Å². The van der Waals surface area contributed by atoms with Crippen LogP contribution in [0.15, 0.2) is 29.3 Å². The van der Waals surface area contributed by atoms with Crippen LogP contribution in [-0.4, -0.2) is 41.0 Å². The second-order valence-electron chi connectivity index (χ2n) is 7.60. The van der Waals surface area contributed by atoms with E-state index in [1.807, 2.05) is 0 Å². The molecule has 5 atom stereocenters. The predicted octanol–water partition coefficient (Wildman–Crippen LogP) is 2.90. The minimum Gasteiger partial charge on any atom is -0.392 e. The van der Waals surface area contributed by atoms with Crippen LogP contribution in [0.1, 0.15) is 38.2 Å². The molecular weight excluding hydrogens is 272 g/mol. The number of aliphatic hydroxyl groups is 1. The molecule has 1 aliphatic carbocycles. The van der Waals surface area contributed by atoms with Gasteiger partial charge in [0.05, 0.1) is 17.2 Å². The summed E-state index contributed by atoms with van der Waals surface area (Å²) in [6.07, 6.45) is 4.32. The summed E-state index contributed by atoms with van der Waals surface area (Å²) in [6.45, 7) is 4.45. The summed E-state index contributed by atoms with van der Waals surface area (Å²) < 4.78 is 0. The third kappa shape index (κ3) is 1.42. The summed E-state index contributed by atoms with van der Waals surface area (Å²) in [5, 5.41) is 10.9. The number of aliphatic imine (C=N–C) groups is 1. The van der Waals surface area contributed by atoms with E-state index >= 15 is 0 Å². The third-order valence-electron chi connectivity index (χ3n) is 6.88. The maximum absolute atomic E-state index is 10.9. The van der Waals surface area contributed by atoms with Crippen molar-refractivity contribution >= 4 is 11.4 Å². The first-order valence-corrected chi connectivity index (χ1v) is 8.85. The fourth-order valence-corrected chi connectivity index (χ4v) is 5.94. The smallest absolute Gasteiger partial charge is 0.0671 e. The second kappa shape index (κ2) is 4.42. The summed E-state index contributed by atoms with van der Waals surface area (Å²) in [5.41, 5.74) is 4.13. The molecule has 1 aromatic rings. The Morgan fingerprint density at radius 3 is 3.09 bits per heavy atom. The Balaban J connectivity index is 1.66. The Morgan fingerprint density at radius 1 is 1.36 bits per heavy atom. The quantitative estimate of drug-likeness (QED) is 0.865. The van der Waals surface area contributed by atoms with Gasteiger partial charge >= 0.3 is 0 Å². The predicted molar refractivity (Wildman–Crippen MR) is 87.7 cm³/mol. The van der Waals surface area contributed by atoms with Crippen molar-refractivity contribution in [3.8, 4) is 0 Å². The first-order valence-electron chi connectivity index (χ1n) is 8.85. The van der Waals surface area contributed by atoms with Gasteiger partial charge in [0, 0.05) is 24.2 Å². The lowest BCUT2D eigenvalue weighted by Crippen LogP contribution is -2.62. The Morgan fingerprint density at radius 2 is 2.23 bits per heavy atom. The molecule has 0 radical (unpaired) electrons. The summed E-state index contributed by atoms with van der Waals surface area (Å²) in [5.74, 6) is 0.873. The van der Waals surface area contributed by atoms with Crippen LogP contribution in [0.25, 0.3) is 0 Å². The summed E-state index contributed by atoms with van der Waals surface area (Å²) in [6, 6.07) is 9.19. The monoisotopic (exact) mass is 296 g/mol. The zero-order valence-electron chi connectivity index (χ0n) is 13.2. The average Bonchev–Trinajstić information content (AvgIpc) is 3.09. The number of nitrogens with zero attached hydrogens (tertiary/aromatic N) is 2. The summed E-state index contributed by atoms with van der Waals surface area (Å²) >= 11 is 0. The van der Waals surface area contributed by atoms with Crippen LogP contribution in [0, 0.1) is 11.8 Å². The summed E-state index contributed by atoms with van der Waals surface area (Å²) in [7, 11) is 0. The second-order valence-corrected chi connectivity index (χ2v) is 7.60. The van der Waals surface area contributed by atoms with Crippen LogP contribution in [0.3, 0.4) is 0 Å². The number of hydrogen-bond acceptors (Lipinski definition) is 3. The van der Waals surface area contributed by atoms with Crippen LogP contribution in [0.4, 0.5) is 5.69 Å². The highest BCUT2D eigenvalue weighted by Gasteiger charge is 2.62. The number of para-hydroxylation sites is 1. The van der Waals surface area contributed by atoms with Gasteiger partial charge in [0.1, 0.15) is 0 Å². The van der Waals surface area contributed by atoms with Crippen LogP contribution in [0.5, 0.6) is 0 Å². The van der Waals surface area contributed by atoms with E-state index in [-0.39, 0.29) is 11.5 Å². The largest absolute Gasteiger partial charge is 0.392 e. The minimum absolute atomic E-state index is 0.110. The van der Waals surface area contributed by atoms with E-state index in [0.717, 1.165) is 32.4 Å². The van der Waals surface area contributed by atoms with Crippen molar-refractivity contribution in [3.63, 3.8) is 0 Å². The molecule has 3 fully saturated rings. The van der Waals surface area contributed by atoms with Gasteiger partial charge in [-0.3, -0.25) is 9.89 Å². The van der Waals surface area contributed by atoms with Gasteiger partial charge in [0.2, 0.25) is 0 Å². The molecule has 116 valence electrons. The zero-order chi connectivity index (χ0) is 14.9. The molecule has 1 spiro atoms. The highest BCUT2D eigenvalue weighted by atomic mass is 16.3. The van der Waals surface area contributed by atoms with Gasteiger partial charge in [-0.15, -0.1) is 0 Å². The molecule has 0 unspecified atom stereocenters. The van der Waals surface area contributed by atoms with E-state index in [4.69, 9.17) is 4.99 Å². The van der Waals surface area contributed by atoms with E-state index < -0.39 is 0 Å². The van der Waals surface area contributed by atoms with Gasteiger partial charge in [-0.05, 0) is 49.8 Å². The van der Waals surface area contributed by atoms with Crippen molar-refractivity contribution in [2.24, 2.45) is 16.8 Å². The maximum Gasteiger partial charge on any atom is 0.0671 e. The number of aliphatic hydroxyl groups excluding tert-OH is 1. The summed E-state index contributed by atoms with van der Waals surface area (Å²) in [4.78, 5) is 7.69. The van der Waals surface area contributed by atoms with Gasteiger partial charge in [-0.2, -0.15) is 0 Å². The molecule has 1 N–H and O–H groups in total. The third-order valence-corrected chi connectivity index (χ3v) is 6.88. The Hall–Kier alpha value is -1.19. The lowest BCUT2D eigenvalue weighted by molar-refractivity contribution is -0.0598. The molecule has 1 aromatic carbocycles. The van der Waals surface area contributed by atoms with E-state index in [1.165, 1.54) is 23.4 Å². The first-order chi connectivity index (χ1) is 10.8. The van der Waals surface area contributed by atoms with Crippen LogP contribution < -0.4 is 0 Å². The van der Waals surface area contributed by atoms with Crippen molar-refractivity contribution in [2.45, 2.75) is 50.2 Å². The van der Waals surface area contributed by atoms with Crippen molar-refractivity contribution in [2.75, 3.05) is 13.1 Å². The van der Waals surface area contributed by atoms with Gasteiger partial charge in [-0.25, -0.2) is 0 Å². The molecule has 0 amide bonds. The molecule has 5 rings (SSSR count). The molecule has 3 aliphatic heterocycles. The van der Waals surface area contributed by atoms with E-state index in [9.17, 15) is 5.11 Å². The molecule has 22 heavy (non-hydrogen) atoms. The highest BCUT2D eigenvalue weighted by Crippen LogP contribution is 2.58. The molecular formula is C19H24N2O. The molecule has 0 aromatic heterocycles. The zero-order valence-corrected chi connectivity index (χ0v) is 13.2. The van der Waals surface area contributed by atoms with Gasteiger partial charge in [-0.1, -0.05) is 25.1 Å². The fourth-order valence-electron chi connectivity index (χ4n) is 5.94. The normalized spacial score (nSPS) is 42.5. The number of benzene rings is 1. The number of hydrogen-bond donors (Lipinski definition) is 1. The number of piperidine rings is 1. The molecule has 3 heterocycles. The molecule has 0 bridgehead atoms. The number of fused-ring (bicyclic) bond motifs is 1. The fraction of sp³-hybridized carbons (Fsp3) is 0.632. The van der Waals surface area contributed by atoms with E-state index in [2.05, 4.69) is 36.1 Å². The van der Waals surface area contributed by atoms with Crippen molar-refractivity contribution in [3.05, 3.63) is 29.8 Å². The minimum atomic E-state index is -0.129. The molecule has 2 saturated heterocycles. The molecule has 3 nitrogen and oxygen atoms in total. The highest BCUT2D eigenvalue weighted by molar-refractivity contribution is 6.03. The Labute approximate surface area is 132 Å². The lowest BCUT2D eigenvalue weighted by atomic mass is 9.59. The van der Waals surface area contributed by atoms with Gasteiger partial charge < -0.3 is 5.11 Å². The van der Waals surface area contributed by atoms with Gasteiger partial charge in [0.15, 0.2) is 0 Å². The topological polar surface area (TPSA) is 35.8 Å². The molecule has 4 aliphatic rings.